The molecule has 3 rings (SSSR count). The third-order valence-corrected chi connectivity index (χ3v) is 4.40. The zero-order chi connectivity index (χ0) is 17.5. The van der Waals surface area contributed by atoms with Crippen LogP contribution in [-0.4, -0.2) is 24.0 Å². The monoisotopic (exact) mass is 356 g/mol. The minimum atomic E-state index is -0.283. The van der Waals surface area contributed by atoms with Gasteiger partial charge in [0.2, 0.25) is 0 Å². The third kappa shape index (κ3) is 4.87. The molecule has 2 aromatic carbocycles. The van der Waals surface area contributed by atoms with Crippen molar-refractivity contribution in [1.82, 2.24) is 10.3 Å². The zero-order valence-electron chi connectivity index (χ0n) is 13.4. The number of halogens is 1. The number of hydrogen-bond donors (Lipinski definition) is 1. The molecular weight excluding hydrogens is 339 g/mol. The SMILES string of the molecule is O=C(COc1ccccc1)NCCc1csc(-c2ccccc2F)n1. The van der Waals surface area contributed by atoms with E-state index in [0.29, 0.717) is 29.3 Å². The molecule has 0 radical (unpaired) electrons. The van der Waals surface area contributed by atoms with Gasteiger partial charge in [-0.2, -0.15) is 0 Å². The van der Waals surface area contributed by atoms with Crippen molar-refractivity contribution in [2.24, 2.45) is 0 Å². The van der Waals surface area contributed by atoms with Crippen molar-refractivity contribution < 1.29 is 13.9 Å². The van der Waals surface area contributed by atoms with Gasteiger partial charge in [-0.15, -0.1) is 11.3 Å². The molecule has 0 atom stereocenters. The third-order valence-electron chi connectivity index (χ3n) is 3.47. The smallest absolute Gasteiger partial charge is 0.257 e. The summed E-state index contributed by atoms with van der Waals surface area (Å²) in [5.74, 6) is 0.190. The summed E-state index contributed by atoms with van der Waals surface area (Å²) >= 11 is 1.39. The lowest BCUT2D eigenvalue weighted by molar-refractivity contribution is -0.123. The van der Waals surface area contributed by atoms with Gasteiger partial charge in [0.05, 0.1) is 5.69 Å². The van der Waals surface area contributed by atoms with Gasteiger partial charge in [-0.25, -0.2) is 9.37 Å². The fourth-order valence-corrected chi connectivity index (χ4v) is 3.11. The largest absolute Gasteiger partial charge is 0.484 e. The Kier molecular flexibility index (Phi) is 5.74. The Hall–Kier alpha value is -2.73. The second-order valence-electron chi connectivity index (χ2n) is 5.33. The van der Waals surface area contributed by atoms with Crippen LogP contribution < -0.4 is 10.1 Å². The summed E-state index contributed by atoms with van der Waals surface area (Å²) in [6.45, 7) is 0.430. The van der Waals surface area contributed by atoms with Crippen LogP contribution in [0.5, 0.6) is 5.75 Å². The second kappa shape index (κ2) is 8.39. The van der Waals surface area contributed by atoms with Crippen molar-refractivity contribution in [3.63, 3.8) is 0 Å². The van der Waals surface area contributed by atoms with Crippen molar-refractivity contribution in [1.29, 1.82) is 0 Å². The van der Waals surface area contributed by atoms with Crippen molar-refractivity contribution in [3.8, 4) is 16.3 Å². The van der Waals surface area contributed by atoms with Crippen molar-refractivity contribution in [3.05, 3.63) is 71.5 Å². The normalized spacial score (nSPS) is 10.4. The van der Waals surface area contributed by atoms with E-state index in [2.05, 4.69) is 10.3 Å². The molecule has 0 bridgehead atoms. The van der Waals surface area contributed by atoms with Gasteiger partial charge in [-0.05, 0) is 24.3 Å². The van der Waals surface area contributed by atoms with Gasteiger partial charge >= 0.3 is 0 Å². The van der Waals surface area contributed by atoms with E-state index in [1.54, 1.807) is 30.3 Å². The van der Waals surface area contributed by atoms with Crippen molar-refractivity contribution in [2.75, 3.05) is 13.2 Å². The van der Waals surface area contributed by atoms with Crippen LogP contribution in [0.2, 0.25) is 0 Å². The average molecular weight is 356 g/mol. The Morgan fingerprint density at radius 3 is 2.68 bits per heavy atom. The average Bonchev–Trinajstić information content (AvgIpc) is 3.10. The molecule has 0 aliphatic rings. The van der Waals surface area contributed by atoms with Crippen LogP contribution in [0.1, 0.15) is 5.69 Å². The predicted molar refractivity (Wildman–Crippen MR) is 96.2 cm³/mol. The van der Waals surface area contributed by atoms with Gasteiger partial charge in [0.25, 0.3) is 5.91 Å². The Morgan fingerprint density at radius 2 is 1.88 bits per heavy atom. The predicted octanol–water partition coefficient (Wildman–Crippen LogP) is 3.69. The first-order valence-electron chi connectivity index (χ1n) is 7.86. The lowest BCUT2D eigenvalue weighted by Gasteiger charge is -2.06. The molecule has 25 heavy (non-hydrogen) atoms. The maximum Gasteiger partial charge on any atom is 0.257 e. The number of para-hydroxylation sites is 1. The summed E-state index contributed by atoms with van der Waals surface area (Å²) in [5.41, 5.74) is 1.33. The summed E-state index contributed by atoms with van der Waals surface area (Å²) in [5, 5.41) is 5.32. The van der Waals surface area contributed by atoms with E-state index < -0.39 is 0 Å². The number of amides is 1. The van der Waals surface area contributed by atoms with Crippen LogP contribution in [0.4, 0.5) is 4.39 Å². The molecule has 0 fully saturated rings. The fraction of sp³-hybridized carbons (Fsp3) is 0.158. The highest BCUT2D eigenvalue weighted by Crippen LogP contribution is 2.26. The lowest BCUT2D eigenvalue weighted by atomic mass is 10.2. The molecule has 3 aromatic rings. The van der Waals surface area contributed by atoms with Crippen LogP contribution in [0.15, 0.2) is 60.0 Å². The van der Waals surface area contributed by atoms with E-state index in [0.717, 1.165) is 5.69 Å². The van der Waals surface area contributed by atoms with E-state index in [-0.39, 0.29) is 18.3 Å². The Morgan fingerprint density at radius 1 is 1.12 bits per heavy atom. The van der Waals surface area contributed by atoms with Crippen LogP contribution in [0.3, 0.4) is 0 Å². The maximum atomic E-state index is 13.8. The van der Waals surface area contributed by atoms with Crippen molar-refractivity contribution in [2.45, 2.75) is 6.42 Å². The minimum absolute atomic E-state index is 0.0262. The number of carbonyl (C=O) groups is 1. The van der Waals surface area contributed by atoms with Crippen LogP contribution in [-0.2, 0) is 11.2 Å². The summed E-state index contributed by atoms with van der Waals surface area (Å²) < 4.78 is 19.1. The summed E-state index contributed by atoms with van der Waals surface area (Å²) in [6.07, 6.45) is 0.585. The van der Waals surface area contributed by atoms with E-state index in [9.17, 15) is 9.18 Å². The van der Waals surface area contributed by atoms with Gasteiger partial charge in [0.1, 0.15) is 16.6 Å². The van der Waals surface area contributed by atoms with Gasteiger partial charge in [0.15, 0.2) is 6.61 Å². The Labute approximate surface area is 149 Å². The van der Waals surface area contributed by atoms with Crippen LogP contribution in [0.25, 0.3) is 10.6 Å². The highest BCUT2D eigenvalue weighted by Gasteiger charge is 2.09. The number of nitrogens with one attached hydrogen (secondary N) is 1. The minimum Gasteiger partial charge on any atom is -0.484 e. The number of nitrogens with zero attached hydrogens (tertiary/aromatic N) is 1. The van der Waals surface area contributed by atoms with Gasteiger partial charge in [0, 0.05) is 23.9 Å². The summed E-state index contributed by atoms with van der Waals surface area (Å²) in [4.78, 5) is 16.2. The molecule has 0 aliphatic heterocycles. The molecule has 0 saturated carbocycles. The number of benzene rings is 2. The Balaban J connectivity index is 1.45. The number of carbonyl (C=O) groups excluding carboxylic acids is 1. The zero-order valence-corrected chi connectivity index (χ0v) is 14.3. The summed E-state index contributed by atoms with van der Waals surface area (Å²) in [7, 11) is 0. The van der Waals surface area contributed by atoms with E-state index in [4.69, 9.17) is 4.74 Å². The van der Waals surface area contributed by atoms with Crippen molar-refractivity contribution >= 4 is 17.2 Å². The summed E-state index contributed by atoms with van der Waals surface area (Å²) in [6, 6.07) is 15.7. The van der Waals surface area contributed by atoms with Crippen LogP contribution in [0, 0.1) is 5.82 Å². The first-order valence-corrected chi connectivity index (χ1v) is 8.74. The lowest BCUT2D eigenvalue weighted by Crippen LogP contribution is -2.30. The molecule has 0 aliphatic carbocycles. The first-order chi connectivity index (χ1) is 12.2. The first kappa shape index (κ1) is 17.1. The molecule has 128 valence electrons. The molecule has 4 nitrogen and oxygen atoms in total. The number of rotatable bonds is 7. The quantitative estimate of drug-likeness (QED) is 0.702. The molecule has 1 amide bonds. The van der Waals surface area contributed by atoms with Gasteiger partial charge < -0.3 is 10.1 Å². The second-order valence-corrected chi connectivity index (χ2v) is 6.18. The highest BCUT2D eigenvalue weighted by atomic mass is 32.1. The number of aromatic nitrogens is 1. The number of hydrogen-bond acceptors (Lipinski definition) is 4. The number of thiazole rings is 1. The highest BCUT2D eigenvalue weighted by molar-refractivity contribution is 7.13. The maximum absolute atomic E-state index is 13.8. The molecule has 1 N–H and O–H groups in total. The van der Waals surface area contributed by atoms with Crippen LogP contribution >= 0.6 is 11.3 Å². The van der Waals surface area contributed by atoms with E-state index in [1.165, 1.54) is 17.4 Å². The van der Waals surface area contributed by atoms with Gasteiger partial charge in [-0.1, -0.05) is 30.3 Å². The molecule has 0 spiro atoms. The molecule has 6 heteroatoms. The standard InChI is InChI=1S/C19H17FN2O2S/c20-17-9-5-4-8-16(17)19-22-14(13-25-19)10-11-21-18(23)12-24-15-6-2-1-3-7-15/h1-9,13H,10-12H2,(H,21,23). The van der Waals surface area contributed by atoms with E-state index in [1.807, 2.05) is 23.6 Å². The number of ether oxygens (including phenoxy) is 1. The van der Waals surface area contributed by atoms with Gasteiger partial charge in [-0.3, -0.25) is 4.79 Å². The molecular formula is C19H17FN2O2S. The topological polar surface area (TPSA) is 51.2 Å². The molecule has 1 heterocycles. The van der Waals surface area contributed by atoms with E-state index >= 15 is 0 Å². The molecule has 0 unspecified atom stereocenters. The fourth-order valence-electron chi connectivity index (χ4n) is 2.23. The molecule has 0 saturated heterocycles. The molecule has 1 aromatic heterocycles. The Bertz CT molecular complexity index is 836.